The molecule has 11 atom stereocenters. The number of ketones is 3. The normalized spacial score (nSPS) is 29.1. The van der Waals surface area contributed by atoms with Crippen LogP contribution >= 0.6 is 0 Å². The zero-order chi connectivity index (χ0) is 52.5. The molecule has 0 spiro atoms. The lowest BCUT2D eigenvalue weighted by atomic mass is 9.41. The molecule has 3 aliphatic carbocycles. The fourth-order valence-corrected chi connectivity index (χ4v) is 11.6. The van der Waals surface area contributed by atoms with Crippen molar-refractivity contribution in [2.45, 2.75) is 122 Å². The van der Waals surface area contributed by atoms with Crippen molar-refractivity contribution < 1.29 is 77.0 Å². The van der Waals surface area contributed by atoms with Crippen LogP contribution in [0.25, 0.3) is 0 Å². The fourth-order valence-electron chi connectivity index (χ4n) is 11.6. The first-order chi connectivity index (χ1) is 34.0. The molecule has 17 nitrogen and oxygen atoms in total. The Morgan fingerprint density at radius 1 is 0.806 bits per heavy atom. The van der Waals surface area contributed by atoms with E-state index in [0.717, 1.165) is 13.8 Å². The van der Waals surface area contributed by atoms with Gasteiger partial charge in [0.1, 0.15) is 31.5 Å². The minimum Gasteiger partial charge on any atom is -0.459 e. The monoisotopic (exact) mass is 993 g/mol. The Morgan fingerprint density at radius 2 is 1.40 bits per heavy atom. The van der Waals surface area contributed by atoms with Gasteiger partial charge in [0.05, 0.1) is 23.7 Å². The summed E-state index contributed by atoms with van der Waals surface area (Å²) in [7, 11) is 0. The number of amides is 1. The summed E-state index contributed by atoms with van der Waals surface area (Å²) in [5, 5.41) is 28.8. The van der Waals surface area contributed by atoms with Gasteiger partial charge in [-0.25, -0.2) is 9.59 Å². The summed E-state index contributed by atoms with van der Waals surface area (Å²) in [6.45, 7) is 10.4. The van der Waals surface area contributed by atoms with E-state index in [0.29, 0.717) is 5.56 Å². The van der Waals surface area contributed by atoms with Gasteiger partial charge in [-0.05, 0) is 42.7 Å². The maximum Gasteiger partial charge on any atom is 0.338 e. The number of esters is 4. The Kier molecular flexibility index (Phi) is 15.6. The summed E-state index contributed by atoms with van der Waals surface area (Å²) in [6.07, 6.45) is -9.24. The van der Waals surface area contributed by atoms with Crippen LogP contribution in [0, 0.1) is 28.6 Å². The average Bonchev–Trinajstić information content (AvgIpc) is 3.33. The molecule has 3 aromatic carbocycles. The van der Waals surface area contributed by atoms with Crippen molar-refractivity contribution in [3.8, 4) is 0 Å². The minimum absolute atomic E-state index is 0.00620. The van der Waals surface area contributed by atoms with E-state index >= 15 is 4.79 Å². The van der Waals surface area contributed by atoms with E-state index in [1.807, 2.05) is 0 Å². The topological polar surface area (TPSA) is 244 Å². The number of carbonyl (C=O) groups excluding carboxylic acids is 8. The highest BCUT2D eigenvalue weighted by molar-refractivity contribution is 5.98. The molecular formula is C55H63NO16. The summed E-state index contributed by atoms with van der Waals surface area (Å²) < 4.78 is 36.2. The lowest BCUT2D eigenvalue weighted by molar-refractivity contribution is -0.340. The van der Waals surface area contributed by atoms with Crippen LogP contribution in [0.5, 0.6) is 0 Å². The van der Waals surface area contributed by atoms with Gasteiger partial charge < -0.3 is 44.0 Å². The molecule has 0 aromatic heterocycles. The molecular weight excluding hydrogens is 931 g/mol. The van der Waals surface area contributed by atoms with Gasteiger partial charge in [-0.2, -0.15) is 0 Å². The lowest BCUT2D eigenvalue weighted by Gasteiger charge is -2.68. The second-order valence-electron chi connectivity index (χ2n) is 20.3. The highest BCUT2D eigenvalue weighted by Gasteiger charge is 2.78. The molecule has 2 bridgehead atoms. The first-order valence-electron chi connectivity index (χ1n) is 24.1. The van der Waals surface area contributed by atoms with Gasteiger partial charge in [0, 0.05) is 67.4 Å². The van der Waals surface area contributed by atoms with Gasteiger partial charge >= 0.3 is 23.9 Å². The molecule has 1 saturated heterocycles. The number of aliphatic hydroxyl groups is 2. The number of rotatable bonds is 17. The Balaban J connectivity index is 1.40. The largest absolute Gasteiger partial charge is 0.459 e. The van der Waals surface area contributed by atoms with E-state index in [1.165, 1.54) is 13.8 Å². The predicted octanol–water partition coefficient (Wildman–Crippen LogP) is 5.19. The Hall–Kier alpha value is -6.40. The third-order valence-corrected chi connectivity index (χ3v) is 15.3. The maximum atomic E-state index is 16.2. The van der Waals surface area contributed by atoms with E-state index in [-0.39, 0.29) is 47.0 Å². The highest BCUT2D eigenvalue weighted by Crippen LogP contribution is 2.67. The molecule has 7 rings (SSSR count). The van der Waals surface area contributed by atoms with Crippen molar-refractivity contribution in [3.63, 3.8) is 0 Å². The maximum absolute atomic E-state index is 16.2. The third kappa shape index (κ3) is 9.91. The third-order valence-electron chi connectivity index (χ3n) is 15.3. The molecule has 2 saturated carbocycles. The summed E-state index contributed by atoms with van der Waals surface area (Å²) >= 11 is 0. The Labute approximate surface area is 417 Å². The average molecular weight is 994 g/mol. The fraction of sp³-hybridized carbons (Fsp3) is 0.491. The van der Waals surface area contributed by atoms with Crippen molar-refractivity contribution in [1.82, 2.24) is 5.32 Å². The van der Waals surface area contributed by atoms with E-state index in [9.17, 15) is 43.8 Å². The van der Waals surface area contributed by atoms with E-state index in [2.05, 4.69) is 5.32 Å². The van der Waals surface area contributed by atoms with Crippen LogP contribution in [-0.2, 0) is 57.2 Å². The van der Waals surface area contributed by atoms with E-state index in [1.54, 1.807) is 119 Å². The van der Waals surface area contributed by atoms with Gasteiger partial charge in [-0.1, -0.05) is 107 Å². The molecule has 1 aliphatic heterocycles. The highest BCUT2D eigenvalue weighted by atomic mass is 16.6. The number of hydrogen-bond acceptors (Lipinski definition) is 16. The number of aliphatic hydroxyl groups excluding tert-OH is 1. The van der Waals surface area contributed by atoms with E-state index in [4.69, 9.17) is 28.4 Å². The second-order valence-corrected chi connectivity index (χ2v) is 20.3. The van der Waals surface area contributed by atoms with Crippen molar-refractivity contribution in [3.05, 3.63) is 119 Å². The number of carbonyl (C=O) groups is 8. The van der Waals surface area contributed by atoms with Crippen LogP contribution in [0.15, 0.2) is 102 Å². The standard InChI is InChI=1S/C55H63NO16/c1-30(2)39(60)27-67-28-43(61)71-41-25-42-54(29-68-42,72-33(5)58)48-37(24-38(59)34-18-12-9-13-19-34)55(66)26-40(31(3)44(52(55,6)7)47(69-32(4)57)49(63)53(41,48)8)70-51(65)46(62)45(35-20-14-10-15-21-35)56-50(64)36-22-16-11-17-23-36/h9-23,30,37,40-42,45-48,62,66H,24-29H2,1-8H3,(H,56,64)/t37-,40-,41-,42+,45-,46+,47+,48-,53+,54-,55+/m0/s1. The number of Topliss-reactive ketones (excluding diaryl/α,β-unsaturated/α-hetero) is 3. The lowest BCUT2D eigenvalue weighted by Crippen LogP contribution is -2.80. The molecule has 4 aliphatic rings. The van der Waals surface area contributed by atoms with Crippen LogP contribution in [0.3, 0.4) is 0 Å². The van der Waals surface area contributed by atoms with Gasteiger partial charge in [0.15, 0.2) is 35.2 Å². The summed E-state index contributed by atoms with van der Waals surface area (Å²) in [5.41, 5.74) is -6.77. The number of nitrogens with one attached hydrogen (secondary N) is 1. The SMILES string of the molecule is CC(=O)O[C@H]1C(=O)[C@]2(C)[C@@H](OC(=O)COCC(=O)C(C)C)C[C@H]3OC[C@@]3(OC(C)=O)[C@H]2[C@H](CC(=O)c2ccccc2)[C@]2(O)C[C@H](OC(=O)[C@H](O)[C@@H](NC(=O)c3ccccc3)c3ccccc3)C(C)=C1C2(C)C. The molecule has 1 heterocycles. The number of fused-ring (bicyclic) bond motifs is 5. The smallest absolute Gasteiger partial charge is 0.338 e. The van der Waals surface area contributed by atoms with Crippen LogP contribution in [0.1, 0.15) is 107 Å². The summed E-state index contributed by atoms with van der Waals surface area (Å²) in [5.74, 6) is -9.45. The second kappa shape index (κ2) is 21.0. The summed E-state index contributed by atoms with van der Waals surface area (Å²) in [4.78, 5) is 112. The predicted molar refractivity (Wildman–Crippen MR) is 255 cm³/mol. The number of benzene rings is 3. The quantitative estimate of drug-likeness (QED) is 0.0682. The van der Waals surface area contributed by atoms with Gasteiger partial charge in [-0.3, -0.25) is 28.8 Å². The molecule has 3 N–H and O–H groups in total. The Bertz CT molecular complexity index is 2610. The molecule has 72 heavy (non-hydrogen) atoms. The van der Waals surface area contributed by atoms with Gasteiger partial charge in [-0.15, -0.1) is 0 Å². The van der Waals surface area contributed by atoms with Gasteiger partial charge in [0.2, 0.25) is 0 Å². The zero-order valence-electron chi connectivity index (χ0n) is 41.7. The van der Waals surface area contributed by atoms with Crippen molar-refractivity contribution in [1.29, 1.82) is 0 Å². The minimum atomic E-state index is -2.28. The number of hydrogen-bond donors (Lipinski definition) is 3. The van der Waals surface area contributed by atoms with Crippen LogP contribution in [0.2, 0.25) is 0 Å². The van der Waals surface area contributed by atoms with Gasteiger partial charge in [0.25, 0.3) is 5.91 Å². The number of ether oxygens (including phenoxy) is 6. The molecule has 17 heteroatoms. The van der Waals surface area contributed by atoms with Crippen LogP contribution in [0.4, 0.5) is 0 Å². The van der Waals surface area contributed by atoms with Crippen LogP contribution < -0.4 is 5.32 Å². The molecule has 3 fully saturated rings. The van der Waals surface area contributed by atoms with Crippen molar-refractivity contribution in [2.24, 2.45) is 28.6 Å². The molecule has 0 unspecified atom stereocenters. The first-order valence-corrected chi connectivity index (χ1v) is 24.1. The first kappa shape index (κ1) is 53.4. The molecule has 3 aromatic rings. The molecule has 1 amide bonds. The zero-order valence-corrected chi connectivity index (χ0v) is 41.7. The van der Waals surface area contributed by atoms with Crippen LogP contribution in [-0.4, -0.2) is 119 Å². The van der Waals surface area contributed by atoms with Crippen molar-refractivity contribution in [2.75, 3.05) is 19.8 Å². The Morgan fingerprint density at radius 3 is 1.96 bits per heavy atom. The van der Waals surface area contributed by atoms with E-state index < -0.39 is 138 Å². The molecule has 0 radical (unpaired) electrons. The van der Waals surface area contributed by atoms with Crippen molar-refractivity contribution >= 4 is 47.1 Å². The molecule has 384 valence electrons. The summed E-state index contributed by atoms with van der Waals surface area (Å²) in [6, 6.07) is 23.2.